The second-order valence-corrected chi connectivity index (χ2v) is 9.35. The largest absolute Gasteiger partial charge is 0.338 e. The minimum atomic E-state index is -0.350. The van der Waals surface area contributed by atoms with Gasteiger partial charge in [0.05, 0.1) is 17.6 Å². The van der Waals surface area contributed by atoms with Crippen LogP contribution in [0.15, 0.2) is 83.9 Å². The molecular formula is C27H26N6O2. The molecule has 0 aliphatic carbocycles. The molecule has 0 atom stereocenters. The highest BCUT2D eigenvalue weighted by Crippen LogP contribution is 2.26. The lowest BCUT2D eigenvalue weighted by molar-refractivity contribution is 0.251. The monoisotopic (exact) mass is 466 g/mol. The van der Waals surface area contributed by atoms with E-state index in [4.69, 9.17) is 4.52 Å². The van der Waals surface area contributed by atoms with Gasteiger partial charge in [-0.05, 0) is 41.0 Å². The predicted molar refractivity (Wildman–Crippen MR) is 135 cm³/mol. The van der Waals surface area contributed by atoms with Crippen molar-refractivity contribution in [1.82, 2.24) is 24.8 Å². The molecule has 0 bridgehead atoms. The van der Waals surface area contributed by atoms with E-state index in [0.29, 0.717) is 12.4 Å². The van der Waals surface area contributed by atoms with Crippen LogP contribution in [0, 0.1) is 0 Å². The van der Waals surface area contributed by atoms with E-state index in [1.807, 2.05) is 69.6 Å². The van der Waals surface area contributed by atoms with E-state index in [1.54, 1.807) is 18.5 Å². The van der Waals surface area contributed by atoms with Crippen LogP contribution < -0.4 is 10.6 Å². The number of aromatic nitrogens is 4. The van der Waals surface area contributed by atoms with Crippen LogP contribution in [0.4, 0.5) is 10.7 Å². The Labute approximate surface area is 203 Å². The van der Waals surface area contributed by atoms with Crippen LogP contribution in [-0.2, 0) is 12.0 Å². The van der Waals surface area contributed by atoms with E-state index in [-0.39, 0.29) is 11.4 Å². The molecule has 0 spiro atoms. The topological polar surface area (TPSA) is 97.3 Å². The van der Waals surface area contributed by atoms with Gasteiger partial charge in [0.1, 0.15) is 5.65 Å². The van der Waals surface area contributed by atoms with E-state index in [9.17, 15) is 4.79 Å². The fourth-order valence-corrected chi connectivity index (χ4v) is 3.74. The number of rotatable bonds is 5. The van der Waals surface area contributed by atoms with E-state index in [2.05, 4.69) is 42.3 Å². The molecule has 1 aromatic carbocycles. The van der Waals surface area contributed by atoms with Crippen LogP contribution in [0.2, 0.25) is 0 Å². The van der Waals surface area contributed by atoms with Gasteiger partial charge in [-0.3, -0.25) is 14.7 Å². The first-order valence-electron chi connectivity index (χ1n) is 11.4. The molecule has 5 rings (SSSR count). The standard InChI is InChI=1S/C27H26N6O2/c1-27(2,3)23-15-25(35-32-23)31-26(34)30-16-18-4-6-20(7-5-18)22-17-29-24-14-21(10-13-33(22)24)19-8-11-28-12-9-19/h4-15,17H,16H2,1-3H3,(H2,30,31,34). The Morgan fingerprint density at radius 2 is 1.74 bits per heavy atom. The number of nitrogens with one attached hydrogen (secondary N) is 2. The summed E-state index contributed by atoms with van der Waals surface area (Å²) in [6, 6.07) is 17.5. The molecule has 0 saturated heterocycles. The number of carbonyl (C=O) groups excluding carboxylic acids is 1. The molecule has 8 heteroatoms. The van der Waals surface area contributed by atoms with Gasteiger partial charge in [0.15, 0.2) is 0 Å². The molecule has 35 heavy (non-hydrogen) atoms. The van der Waals surface area contributed by atoms with Crippen molar-refractivity contribution in [3.63, 3.8) is 0 Å². The number of benzene rings is 1. The molecule has 4 heterocycles. The van der Waals surface area contributed by atoms with Crippen LogP contribution in [0.25, 0.3) is 28.0 Å². The zero-order chi connectivity index (χ0) is 24.4. The Morgan fingerprint density at radius 3 is 2.46 bits per heavy atom. The van der Waals surface area contributed by atoms with Crippen LogP contribution in [-0.4, -0.2) is 25.6 Å². The number of imidazole rings is 1. The number of urea groups is 1. The summed E-state index contributed by atoms with van der Waals surface area (Å²) in [7, 11) is 0. The normalized spacial score (nSPS) is 11.5. The Morgan fingerprint density at radius 1 is 0.971 bits per heavy atom. The first-order valence-corrected chi connectivity index (χ1v) is 11.4. The minimum absolute atomic E-state index is 0.148. The number of anilines is 1. The van der Waals surface area contributed by atoms with Gasteiger partial charge in [-0.2, -0.15) is 0 Å². The average molecular weight is 467 g/mol. The van der Waals surface area contributed by atoms with E-state index >= 15 is 0 Å². The first-order chi connectivity index (χ1) is 16.9. The lowest BCUT2D eigenvalue weighted by atomic mass is 9.92. The van der Waals surface area contributed by atoms with Crippen molar-refractivity contribution in [3.8, 4) is 22.4 Å². The molecule has 5 aromatic rings. The summed E-state index contributed by atoms with van der Waals surface area (Å²) in [5.41, 5.74) is 6.72. The lowest BCUT2D eigenvalue weighted by Crippen LogP contribution is -2.28. The molecular weight excluding hydrogens is 440 g/mol. The van der Waals surface area contributed by atoms with Crippen molar-refractivity contribution in [2.45, 2.75) is 32.7 Å². The summed E-state index contributed by atoms with van der Waals surface area (Å²) in [5.74, 6) is 0.322. The molecule has 0 radical (unpaired) electrons. The van der Waals surface area contributed by atoms with Crippen molar-refractivity contribution in [2.24, 2.45) is 0 Å². The van der Waals surface area contributed by atoms with Gasteiger partial charge < -0.3 is 9.84 Å². The molecule has 0 saturated carbocycles. The van der Waals surface area contributed by atoms with Crippen LogP contribution in [0.1, 0.15) is 32.0 Å². The smallest absolute Gasteiger partial charge is 0.321 e. The Bertz CT molecular complexity index is 1460. The fraction of sp³-hybridized carbons (Fsp3) is 0.185. The molecule has 2 amide bonds. The number of fused-ring (bicyclic) bond motifs is 1. The lowest BCUT2D eigenvalue weighted by Gasteiger charge is -2.12. The van der Waals surface area contributed by atoms with Crippen LogP contribution >= 0.6 is 0 Å². The zero-order valence-corrected chi connectivity index (χ0v) is 19.8. The SMILES string of the molecule is CC(C)(C)c1cc(NC(=O)NCc2ccc(-c3cnc4cc(-c5ccncc5)ccn34)cc2)on1. The fourth-order valence-electron chi connectivity index (χ4n) is 3.74. The number of nitrogens with zero attached hydrogens (tertiary/aromatic N) is 4. The Kier molecular flexibility index (Phi) is 5.78. The third-order valence-electron chi connectivity index (χ3n) is 5.74. The second kappa shape index (κ2) is 9.06. The van der Waals surface area contributed by atoms with E-state index in [0.717, 1.165) is 39.3 Å². The number of amides is 2. The summed E-state index contributed by atoms with van der Waals surface area (Å²) in [6.07, 6.45) is 7.47. The highest BCUT2D eigenvalue weighted by Gasteiger charge is 2.19. The van der Waals surface area contributed by atoms with E-state index in [1.165, 1.54) is 0 Å². The summed E-state index contributed by atoms with van der Waals surface area (Å²) < 4.78 is 7.27. The molecule has 2 N–H and O–H groups in total. The quantitative estimate of drug-likeness (QED) is 0.348. The summed E-state index contributed by atoms with van der Waals surface area (Å²) >= 11 is 0. The number of pyridine rings is 2. The summed E-state index contributed by atoms with van der Waals surface area (Å²) in [6.45, 7) is 6.48. The van der Waals surface area contributed by atoms with Gasteiger partial charge in [-0.1, -0.05) is 50.2 Å². The summed E-state index contributed by atoms with van der Waals surface area (Å²) in [5, 5.41) is 9.53. The number of carbonyl (C=O) groups is 1. The maximum absolute atomic E-state index is 12.2. The molecule has 4 aromatic heterocycles. The van der Waals surface area contributed by atoms with Crippen LogP contribution in [0.3, 0.4) is 0 Å². The van der Waals surface area contributed by atoms with Gasteiger partial charge >= 0.3 is 6.03 Å². The molecule has 0 aliphatic rings. The Balaban J connectivity index is 1.23. The van der Waals surface area contributed by atoms with Gasteiger partial charge in [-0.25, -0.2) is 9.78 Å². The number of hydrogen-bond acceptors (Lipinski definition) is 5. The summed E-state index contributed by atoms with van der Waals surface area (Å²) in [4.78, 5) is 20.9. The average Bonchev–Trinajstić information content (AvgIpc) is 3.50. The Hall–Kier alpha value is -4.46. The minimum Gasteiger partial charge on any atom is -0.338 e. The second-order valence-electron chi connectivity index (χ2n) is 9.35. The van der Waals surface area contributed by atoms with Gasteiger partial charge in [0, 0.05) is 42.2 Å². The van der Waals surface area contributed by atoms with Gasteiger partial charge in [-0.15, -0.1) is 0 Å². The highest BCUT2D eigenvalue weighted by molar-refractivity contribution is 5.87. The predicted octanol–water partition coefficient (Wildman–Crippen LogP) is 5.67. The molecule has 176 valence electrons. The van der Waals surface area contributed by atoms with Crippen molar-refractivity contribution in [2.75, 3.05) is 5.32 Å². The number of hydrogen-bond donors (Lipinski definition) is 2. The maximum atomic E-state index is 12.2. The highest BCUT2D eigenvalue weighted by atomic mass is 16.5. The van der Waals surface area contributed by atoms with Gasteiger partial charge in [0.2, 0.25) is 5.88 Å². The molecule has 0 fully saturated rings. The molecule has 8 nitrogen and oxygen atoms in total. The molecule has 0 unspecified atom stereocenters. The third-order valence-corrected chi connectivity index (χ3v) is 5.74. The first kappa shape index (κ1) is 22.3. The van der Waals surface area contributed by atoms with Crippen LogP contribution in [0.5, 0.6) is 0 Å². The van der Waals surface area contributed by atoms with Crippen molar-refractivity contribution in [3.05, 3.63) is 90.6 Å². The van der Waals surface area contributed by atoms with E-state index < -0.39 is 0 Å². The van der Waals surface area contributed by atoms with Crippen molar-refractivity contribution in [1.29, 1.82) is 0 Å². The molecule has 0 aliphatic heterocycles. The third kappa shape index (κ3) is 4.91. The maximum Gasteiger partial charge on any atom is 0.321 e. The van der Waals surface area contributed by atoms with Gasteiger partial charge in [0.25, 0.3) is 0 Å². The van der Waals surface area contributed by atoms with Crippen molar-refractivity contribution < 1.29 is 9.32 Å². The zero-order valence-electron chi connectivity index (χ0n) is 19.8. The van der Waals surface area contributed by atoms with Crippen molar-refractivity contribution >= 4 is 17.6 Å².